The van der Waals surface area contributed by atoms with Crippen molar-refractivity contribution in [2.75, 3.05) is 26.2 Å². The minimum absolute atomic E-state index is 0.128. The van der Waals surface area contributed by atoms with Gasteiger partial charge in [-0.1, -0.05) is 17.8 Å². The Hall–Kier alpha value is -1.34. The molecule has 1 atom stereocenters. The first kappa shape index (κ1) is 17.5. The third-order valence-electron chi connectivity index (χ3n) is 4.81. The maximum Gasteiger partial charge on any atom is 0.235 e. The monoisotopic (exact) mass is 349 g/mol. The standard InChI is InChI=1S/C17H27N5OS/c1-3-10-22-15(14-6-8-18-9-7-14)19-20-17(22)24-13(2)16(23)21-11-4-5-12-21/h3,13-14,18H,1,4-12H2,2H3/t13-/m0/s1. The number of carbonyl (C=O) groups excluding carboxylic acids is 1. The van der Waals surface area contributed by atoms with E-state index in [9.17, 15) is 4.79 Å². The molecular weight excluding hydrogens is 322 g/mol. The van der Waals surface area contributed by atoms with Crippen LogP contribution in [0.15, 0.2) is 17.8 Å². The number of carbonyl (C=O) groups is 1. The molecule has 0 spiro atoms. The van der Waals surface area contributed by atoms with Gasteiger partial charge in [0.15, 0.2) is 5.16 Å². The van der Waals surface area contributed by atoms with Gasteiger partial charge in [0.05, 0.1) is 5.25 Å². The highest BCUT2D eigenvalue weighted by Gasteiger charge is 2.28. The number of hydrogen-bond acceptors (Lipinski definition) is 5. The topological polar surface area (TPSA) is 63.1 Å². The second-order valence-electron chi connectivity index (χ2n) is 6.56. The van der Waals surface area contributed by atoms with Gasteiger partial charge < -0.3 is 14.8 Å². The Morgan fingerprint density at radius 1 is 1.38 bits per heavy atom. The quantitative estimate of drug-likeness (QED) is 0.629. The van der Waals surface area contributed by atoms with Crippen LogP contribution in [0, 0.1) is 0 Å². The van der Waals surface area contributed by atoms with E-state index in [0.29, 0.717) is 12.5 Å². The number of amides is 1. The fourth-order valence-corrected chi connectivity index (χ4v) is 4.42. The van der Waals surface area contributed by atoms with Gasteiger partial charge in [0.2, 0.25) is 5.91 Å². The molecule has 24 heavy (non-hydrogen) atoms. The molecule has 1 amide bonds. The van der Waals surface area contributed by atoms with E-state index < -0.39 is 0 Å². The molecule has 0 saturated carbocycles. The normalized spacial score (nSPS) is 20.3. The van der Waals surface area contributed by atoms with Crippen LogP contribution in [0.5, 0.6) is 0 Å². The minimum Gasteiger partial charge on any atom is -0.342 e. The number of likely N-dealkylation sites (tertiary alicyclic amines) is 1. The van der Waals surface area contributed by atoms with Crippen LogP contribution in [0.4, 0.5) is 0 Å². The van der Waals surface area contributed by atoms with Crippen molar-refractivity contribution < 1.29 is 4.79 Å². The van der Waals surface area contributed by atoms with E-state index in [-0.39, 0.29) is 11.2 Å². The van der Waals surface area contributed by atoms with E-state index in [1.54, 1.807) is 0 Å². The van der Waals surface area contributed by atoms with Crippen molar-refractivity contribution in [2.45, 2.75) is 55.5 Å². The van der Waals surface area contributed by atoms with Crippen LogP contribution in [0.3, 0.4) is 0 Å². The summed E-state index contributed by atoms with van der Waals surface area (Å²) >= 11 is 1.52. The van der Waals surface area contributed by atoms with Gasteiger partial charge in [0.1, 0.15) is 5.82 Å². The van der Waals surface area contributed by atoms with Gasteiger partial charge in [-0.15, -0.1) is 16.8 Å². The molecule has 6 nitrogen and oxygen atoms in total. The molecule has 0 unspecified atom stereocenters. The lowest BCUT2D eigenvalue weighted by Crippen LogP contribution is -2.34. The van der Waals surface area contributed by atoms with Crippen molar-refractivity contribution in [1.82, 2.24) is 25.0 Å². The summed E-state index contributed by atoms with van der Waals surface area (Å²) in [5, 5.41) is 13.0. The molecule has 132 valence electrons. The Balaban J connectivity index is 1.73. The lowest BCUT2D eigenvalue weighted by atomic mass is 9.97. The van der Waals surface area contributed by atoms with Crippen LogP contribution in [0.2, 0.25) is 0 Å². The van der Waals surface area contributed by atoms with Gasteiger partial charge in [0.25, 0.3) is 0 Å². The summed E-state index contributed by atoms with van der Waals surface area (Å²) in [7, 11) is 0. The number of aromatic nitrogens is 3. The molecule has 0 aromatic carbocycles. The zero-order chi connectivity index (χ0) is 16.9. The number of thioether (sulfide) groups is 1. The van der Waals surface area contributed by atoms with Gasteiger partial charge in [-0.05, 0) is 45.7 Å². The molecule has 1 N–H and O–H groups in total. The Morgan fingerprint density at radius 3 is 2.75 bits per heavy atom. The predicted octanol–water partition coefficient (Wildman–Crippen LogP) is 2.03. The molecule has 3 rings (SSSR count). The van der Waals surface area contributed by atoms with Gasteiger partial charge in [-0.3, -0.25) is 4.79 Å². The minimum atomic E-state index is -0.128. The van der Waals surface area contributed by atoms with E-state index in [1.807, 2.05) is 17.9 Å². The first-order chi connectivity index (χ1) is 11.7. The molecular formula is C17H27N5OS. The van der Waals surface area contributed by atoms with Crippen molar-refractivity contribution in [3.05, 3.63) is 18.5 Å². The fourth-order valence-electron chi connectivity index (χ4n) is 3.47. The summed E-state index contributed by atoms with van der Waals surface area (Å²) < 4.78 is 2.14. The van der Waals surface area contributed by atoms with E-state index in [1.165, 1.54) is 11.8 Å². The highest BCUT2D eigenvalue weighted by Crippen LogP contribution is 2.30. The SMILES string of the molecule is C=CCn1c(S[C@@H](C)C(=O)N2CCCC2)nnc1C1CCNCC1. The van der Waals surface area contributed by atoms with Crippen molar-refractivity contribution >= 4 is 17.7 Å². The molecule has 1 aromatic rings. The van der Waals surface area contributed by atoms with E-state index in [0.717, 1.165) is 62.8 Å². The molecule has 0 aliphatic carbocycles. The lowest BCUT2D eigenvalue weighted by molar-refractivity contribution is -0.129. The van der Waals surface area contributed by atoms with Crippen LogP contribution in [0.25, 0.3) is 0 Å². The van der Waals surface area contributed by atoms with E-state index in [2.05, 4.69) is 26.7 Å². The number of hydrogen-bond donors (Lipinski definition) is 1. The summed E-state index contributed by atoms with van der Waals surface area (Å²) in [5.41, 5.74) is 0. The van der Waals surface area contributed by atoms with Gasteiger partial charge in [-0.2, -0.15) is 0 Å². The summed E-state index contributed by atoms with van der Waals surface area (Å²) in [6.07, 6.45) is 6.29. The fraction of sp³-hybridized carbons (Fsp3) is 0.706. The van der Waals surface area contributed by atoms with E-state index >= 15 is 0 Å². The van der Waals surface area contributed by atoms with E-state index in [4.69, 9.17) is 0 Å². The largest absolute Gasteiger partial charge is 0.342 e. The molecule has 2 aliphatic heterocycles. The van der Waals surface area contributed by atoms with Crippen molar-refractivity contribution in [2.24, 2.45) is 0 Å². The predicted molar refractivity (Wildman–Crippen MR) is 96.2 cm³/mol. The summed E-state index contributed by atoms with van der Waals surface area (Å²) in [6.45, 7) is 10.4. The average molecular weight is 350 g/mol. The molecule has 2 aliphatic rings. The zero-order valence-corrected chi connectivity index (χ0v) is 15.2. The number of nitrogens with one attached hydrogen (secondary N) is 1. The molecule has 2 fully saturated rings. The third-order valence-corrected chi connectivity index (χ3v) is 5.88. The summed E-state index contributed by atoms with van der Waals surface area (Å²) in [5.74, 6) is 1.70. The second-order valence-corrected chi connectivity index (χ2v) is 7.86. The molecule has 1 aromatic heterocycles. The second kappa shape index (κ2) is 8.16. The Bertz CT molecular complexity index is 576. The average Bonchev–Trinajstić information content (AvgIpc) is 3.26. The number of piperidine rings is 1. The molecule has 3 heterocycles. The maximum absolute atomic E-state index is 12.5. The van der Waals surface area contributed by atoms with Crippen LogP contribution >= 0.6 is 11.8 Å². The van der Waals surface area contributed by atoms with Crippen molar-refractivity contribution in [3.63, 3.8) is 0 Å². The number of rotatable bonds is 6. The Morgan fingerprint density at radius 2 is 2.08 bits per heavy atom. The van der Waals surface area contributed by atoms with Crippen molar-refractivity contribution in [1.29, 1.82) is 0 Å². The van der Waals surface area contributed by atoms with Crippen LogP contribution in [-0.4, -0.2) is 57.0 Å². The zero-order valence-electron chi connectivity index (χ0n) is 14.4. The first-order valence-electron chi connectivity index (χ1n) is 8.91. The van der Waals surface area contributed by atoms with Gasteiger partial charge in [0, 0.05) is 25.6 Å². The lowest BCUT2D eigenvalue weighted by Gasteiger charge is -2.23. The smallest absolute Gasteiger partial charge is 0.235 e. The number of allylic oxidation sites excluding steroid dienone is 1. The van der Waals surface area contributed by atoms with Crippen LogP contribution in [-0.2, 0) is 11.3 Å². The first-order valence-corrected chi connectivity index (χ1v) is 9.79. The Labute approximate surface area is 148 Å². The van der Waals surface area contributed by atoms with Crippen LogP contribution < -0.4 is 5.32 Å². The molecule has 0 radical (unpaired) electrons. The number of nitrogens with zero attached hydrogens (tertiary/aromatic N) is 4. The van der Waals surface area contributed by atoms with Crippen LogP contribution in [0.1, 0.15) is 44.3 Å². The Kier molecular flexibility index (Phi) is 5.94. The highest BCUT2D eigenvalue weighted by atomic mass is 32.2. The molecule has 7 heteroatoms. The maximum atomic E-state index is 12.5. The third kappa shape index (κ3) is 3.83. The molecule has 2 saturated heterocycles. The highest BCUT2D eigenvalue weighted by molar-refractivity contribution is 8.00. The summed E-state index contributed by atoms with van der Waals surface area (Å²) in [4.78, 5) is 14.5. The molecule has 0 bridgehead atoms. The van der Waals surface area contributed by atoms with Gasteiger partial charge in [-0.25, -0.2) is 0 Å². The van der Waals surface area contributed by atoms with Gasteiger partial charge >= 0.3 is 0 Å². The summed E-state index contributed by atoms with van der Waals surface area (Å²) in [6, 6.07) is 0. The van der Waals surface area contributed by atoms with Crippen molar-refractivity contribution in [3.8, 4) is 0 Å².